The van der Waals surface area contributed by atoms with Gasteiger partial charge in [-0.05, 0) is 42.5 Å². The lowest BCUT2D eigenvalue weighted by Crippen LogP contribution is -2.00. The van der Waals surface area contributed by atoms with Crippen molar-refractivity contribution in [1.82, 2.24) is 0 Å². The average molecular weight is 285 g/mol. The van der Waals surface area contributed by atoms with Crippen LogP contribution in [-0.4, -0.2) is 18.2 Å². The fourth-order valence-electron chi connectivity index (χ4n) is 1.57. The summed E-state index contributed by atoms with van der Waals surface area (Å²) in [5.41, 5.74) is 0.883. The predicted molar refractivity (Wildman–Crippen MR) is 74.7 cm³/mol. The molecule has 2 aromatic rings. The van der Waals surface area contributed by atoms with Crippen molar-refractivity contribution in [2.75, 3.05) is 7.11 Å². The summed E-state index contributed by atoms with van der Waals surface area (Å²) >= 11 is 1.35. The summed E-state index contributed by atoms with van der Waals surface area (Å²) in [6.45, 7) is 0. The summed E-state index contributed by atoms with van der Waals surface area (Å²) in [5, 5.41) is 18.6. The molecule has 2 rings (SSSR count). The molecule has 0 saturated carbocycles. The molecule has 0 bridgehead atoms. The molecule has 2 aromatic carbocycles. The Morgan fingerprint density at radius 1 is 1.25 bits per heavy atom. The van der Waals surface area contributed by atoms with E-state index in [0.29, 0.717) is 16.0 Å². The second kappa shape index (κ2) is 6.13. The Morgan fingerprint density at radius 3 is 2.50 bits per heavy atom. The molecular formula is C15H11NO3S. The van der Waals surface area contributed by atoms with Crippen molar-refractivity contribution in [3.05, 3.63) is 53.6 Å². The van der Waals surface area contributed by atoms with Crippen LogP contribution in [0.5, 0.6) is 5.75 Å². The van der Waals surface area contributed by atoms with E-state index in [2.05, 4.69) is 4.74 Å². The fraction of sp³-hybridized carbons (Fsp3) is 0.0667. The number of esters is 1. The van der Waals surface area contributed by atoms with Gasteiger partial charge in [0.2, 0.25) is 0 Å². The summed E-state index contributed by atoms with van der Waals surface area (Å²) in [7, 11) is 1.29. The molecule has 4 nitrogen and oxygen atoms in total. The molecule has 0 radical (unpaired) electrons. The van der Waals surface area contributed by atoms with Crippen molar-refractivity contribution in [2.24, 2.45) is 0 Å². The molecule has 20 heavy (non-hydrogen) atoms. The van der Waals surface area contributed by atoms with Crippen molar-refractivity contribution in [1.29, 1.82) is 5.26 Å². The highest BCUT2D eigenvalue weighted by Crippen LogP contribution is 2.34. The number of hydrogen-bond donors (Lipinski definition) is 1. The maximum absolute atomic E-state index is 11.3. The Morgan fingerprint density at radius 2 is 1.95 bits per heavy atom. The second-order valence-electron chi connectivity index (χ2n) is 3.91. The van der Waals surface area contributed by atoms with Crippen LogP contribution in [-0.2, 0) is 4.74 Å². The van der Waals surface area contributed by atoms with Crippen LogP contribution >= 0.6 is 11.8 Å². The molecule has 0 atom stereocenters. The smallest absolute Gasteiger partial charge is 0.337 e. The van der Waals surface area contributed by atoms with E-state index in [9.17, 15) is 9.90 Å². The number of nitriles is 1. The van der Waals surface area contributed by atoms with Gasteiger partial charge >= 0.3 is 5.97 Å². The highest BCUT2D eigenvalue weighted by molar-refractivity contribution is 7.99. The first-order chi connectivity index (χ1) is 9.63. The first-order valence-electron chi connectivity index (χ1n) is 5.73. The van der Waals surface area contributed by atoms with Crippen molar-refractivity contribution in [3.8, 4) is 11.8 Å². The lowest BCUT2D eigenvalue weighted by Gasteiger charge is -2.06. The van der Waals surface area contributed by atoms with Crippen LogP contribution in [0.2, 0.25) is 0 Å². The Balaban J connectivity index is 2.21. The number of ether oxygens (including phenoxy) is 1. The summed E-state index contributed by atoms with van der Waals surface area (Å²) in [5.74, 6) is -0.475. The van der Waals surface area contributed by atoms with Crippen LogP contribution in [0.3, 0.4) is 0 Å². The SMILES string of the molecule is COC(=O)c1ccc(Sc2ccc(C#N)cc2)c(O)c1. The third-order valence-corrected chi connectivity index (χ3v) is 3.66. The lowest BCUT2D eigenvalue weighted by atomic mass is 10.2. The number of carbonyl (C=O) groups is 1. The van der Waals surface area contributed by atoms with Crippen molar-refractivity contribution in [3.63, 3.8) is 0 Å². The minimum absolute atomic E-state index is 0.0160. The van der Waals surface area contributed by atoms with E-state index in [1.54, 1.807) is 36.4 Å². The molecule has 1 N–H and O–H groups in total. The van der Waals surface area contributed by atoms with Crippen molar-refractivity contribution < 1.29 is 14.6 Å². The molecule has 5 heteroatoms. The van der Waals surface area contributed by atoms with Gasteiger partial charge in [0.1, 0.15) is 5.75 Å². The van der Waals surface area contributed by atoms with Gasteiger partial charge < -0.3 is 9.84 Å². The van der Waals surface area contributed by atoms with Crippen LogP contribution < -0.4 is 0 Å². The Bertz CT molecular complexity index is 675. The van der Waals surface area contributed by atoms with E-state index in [0.717, 1.165) is 4.90 Å². The lowest BCUT2D eigenvalue weighted by molar-refractivity contribution is 0.0600. The summed E-state index contributed by atoms with van der Waals surface area (Å²) in [6.07, 6.45) is 0. The monoisotopic (exact) mass is 285 g/mol. The molecule has 0 aliphatic rings. The van der Waals surface area contributed by atoms with Gasteiger partial charge in [0.15, 0.2) is 0 Å². The van der Waals surface area contributed by atoms with Gasteiger partial charge in [-0.25, -0.2) is 4.79 Å². The number of hydrogen-bond acceptors (Lipinski definition) is 5. The van der Waals surface area contributed by atoms with Crippen LogP contribution in [0, 0.1) is 11.3 Å². The number of methoxy groups -OCH3 is 1. The van der Waals surface area contributed by atoms with E-state index in [4.69, 9.17) is 5.26 Å². The Kier molecular flexibility index (Phi) is 4.28. The maximum Gasteiger partial charge on any atom is 0.337 e. The minimum atomic E-state index is -0.491. The number of phenols is 1. The molecular weight excluding hydrogens is 274 g/mol. The van der Waals surface area contributed by atoms with Crippen LogP contribution in [0.15, 0.2) is 52.3 Å². The first-order valence-corrected chi connectivity index (χ1v) is 6.55. The van der Waals surface area contributed by atoms with E-state index in [-0.39, 0.29) is 5.75 Å². The van der Waals surface area contributed by atoms with Gasteiger partial charge in [-0.2, -0.15) is 5.26 Å². The maximum atomic E-state index is 11.3. The van der Waals surface area contributed by atoms with Crippen LogP contribution in [0.4, 0.5) is 0 Å². The number of benzene rings is 2. The molecule has 0 aromatic heterocycles. The molecule has 0 heterocycles. The fourth-order valence-corrected chi connectivity index (χ4v) is 2.40. The van der Waals surface area contributed by atoms with Gasteiger partial charge in [-0.3, -0.25) is 0 Å². The highest BCUT2D eigenvalue weighted by Gasteiger charge is 2.10. The van der Waals surface area contributed by atoms with Gasteiger partial charge in [0.05, 0.1) is 29.2 Å². The second-order valence-corrected chi connectivity index (χ2v) is 5.03. The molecule has 0 saturated heterocycles. The molecule has 0 aliphatic carbocycles. The van der Waals surface area contributed by atoms with Crippen LogP contribution in [0.1, 0.15) is 15.9 Å². The number of phenolic OH excluding ortho intramolecular Hbond substituents is 1. The van der Waals surface area contributed by atoms with Crippen molar-refractivity contribution in [2.45, 2.75) is 9.79 Å². The number of aromatic hydroxyl groups is 1. The quantitative estimate of drug-likeness (QED) is 0.877. The molecule has 0 amide bonds. The Hall–Kier alpha value is -2.45. The third kappa shape index (κ3) is 3.11. The van der Waals surface area contributed by atoms with Gasteiger partial charge in [-0.15, -0.1) is 0 Å². The van der Waals surface area contributed by atoms with E-state index in [1.165, 1.54) is 24.9 Å². The van der Waals surface area contributed by atoms with E-state index >= 15 is 0 Å². The van der Waals surface area contributed by atoms with Gasteiger partial charge in [-0.1, -0.05) is 11.8 Å². The van der Waals surface area contributed by atoms with Crippen molar-refractivity contribution >= 4 is 17.7 Å². The number of nitrogens with zero attached hydrogens (tertiary/aromatic N) is 1. The Labute approximate surface area is 120 Å². The minimum Gasteiger partial charge on any atom is -0.507 e. The zero-order chi connectivity index (χ0) is 14.5. The third-order valence-electron chi connectivity index (χ3n) is 2.59. The molecule has 0 unspecified atom stereocenters. The number of rotatable bonds is 3. The number of carbonyl (C=O) groups excluding carboxylic acids is 1. The molecule has 0 spiro atoms. The largest absolute Gasteiger partial charge is 0.507 e. The van der Waals surface area contributed by atoms with Gasteiger partial charge in [0.25, 0.3) is 0 Å². The topological polar surface area (TPSA) is 70.3 Å². The molecule has 0 aliphatic heterocycles. The zero-order valence-electron chi connectivity index (χ0n) is 10.7. The van der Waals surface area contributed by atoms with E-state index < -0.39 is 5.97 Å². The standard InChI is InChI=1S/C15H11NO3S/c1-19-15(18)11-4-7-14(13(17)8-11)20-12-5-2-10(9-16)3-6-12/h2-8,17H,1H3. The summed E-state index contributed by atoms with van der Waals surface area (Å²) in [4.78, 5) is 12.9. The van der Waals surface area contributed by atoms with E-state index in [1.807, 2.05) is 6.07 Å². The first kappa shape index (κ1) is 14.0. The molecule has 0 fully saturated rings. The predicted octanol–water partition coefficient (Wildman–Crippen LogP) is 3.20. The summed E-state index contributed by atoms with van der Waals surface area (Å²) < 4.78 is 4.59. The highest BCUT2D eigenvalue weighted by atomic mass is 32.2. The average Bonchev–Trinajstić information content (AvgIpc) is 2.49. The van der Waals surface area contributed by atoms with Crippen LogP contribution in [0.25, 0.3) is 0 Å². The normalized spacial score (nSPS) is 9.80. The zero-order valence-corrected chi connectivity index (χ0v) is 11.5. The summed E-state index contributed by atoms with van der Waals surface area (Å²) in [6, 6.07) is 13.7. The molecule has 100 valence electrons. The van der Waals surface area contributed by atoms with Gasteiger partial charge in [0, 0.05) is 4.90 Å².